The number of benzene rings is 8. The third-order valence-corrected chi connectivity index (χ3v) is 16.1. The molecule has 0 saturated heterocycles. The quantitative estimate of drug-likeness (QED) is 0.152. The molecule has 0 radical (unpaired) electrons. The minimum Gasteiger partial charge on any atom is -0.0579 e. The van der Waals surface area contributed by atoms with Crippen LogP contribution in [0.3, 0.4) is 0 Å². The summed E-state index contributed by atoms with van der Waals surface area (Å²) in [6, 6.07) is 65.9. The van der Waals surface area contributed by atoms with Crippen LogP contribution in [0.5, 0.6) is 11.5 Å². The molecule has 8 aromatic carbocycles. The van der Waals surface area contributed by atoms with Gasteiger partial charge >= 0.3 is 336 Å². The van der Waals surface area contributed by atoms with E-state index in [0.29, 0.717) is 0 Å². The van der Waals surface area contributed by atoms with Crippen molar-refractivity contribution in [1.29, 1.82) is 0 Å². The second kappa shape index (κ2) is 17.6. The van der Waals surface area contributed by atoms with E-state index in [9.17, 15) is 0 Å². The van der Waals surface area contributed by atoms with Gasteiger partial charge in [-0.15, -0.1) is 0 Å². The average Bonchev–Trinajstić information content (AvgIpc) is 3.90. The van der Waals surface area contributed by atoms with Gasteiger partial charge < -0.3 is 0 Å². The Labute approximate surface area is 431 Å². The Kier molecular flexibility index (Phi) is 10.9. The number of pyridine rings is 1. The number of fused-ring (bicyclic) bond motifs is 4. The zero-order chi connectivity index (χ0) is 48.7. The molecule has 3 aromatic heterocycles. The van der Waals surface area contributed by atoms with Gasteiger partial charge in [0.05, 0.1) is 0 Å². The summed E-state index contributed by atoms with van der Waals surface area (Å²) < 4.78 is 15.2. The number of aromatic nitrogens is 4. The predicted octanol–water partition coefficient (Wildman–Crippen LogP) is 16.1. The molecule has 0 atom stereocenters. The molecule has 72 heavy (non-hydrogen) atoms. The first-order chi connectivity index (χ1) is 35.2. The number of hydrogen-bond acceptors (Lipinski definition) is 3. The van der Waals surface area contributed by atoms with Gasteiger partial charge in [-0.3, -0.25) is 0 Å². The summed E-state index contributed by atoms with van der Waals surface area (Å²) in [5.41, 5.74) is 21.2. The summed E-state index contributed by atoms with van der Waals surface area (Å²) in [6.45, 7) is 11.2. The fourth-order valence-electron chi connectivity index (χ4n) is 11.8. The van der Waals surface area contributed by atoms with E-state index in [0.717, 1.165) is 98.6 Å². The second-order valence-corrected chi connectivity index (χ2v) is 21.6. The van der Waals surface area contributed by atoms with Crippen molar-refractivity contribution in [3.05, 3.63) is 214 Å². The van der Waals surface area contributed by atoms with Gasteiger partial charge in [0, 0.05) is 11.8 Å². The minimum absolute atomic E-state index is 0.0965. The van der Waals surface area contributed by atoms with E-state index in [2.05, 4.69) is 248 Å². The maximum absolute atomic E-state index is 6.92. The van der Waals surface area contributed by atoms with E-state index >= 15 is 0 Å². The van der Waals surface area contributed by atoms with Crippen molar-refractivity contribution in [2.24, 2.45) is 0 Å². The molecule has 0 N–H and O–H groups in total. The Morgan fingerprint density at radius 3 is 1.76 bits per heavy atom. The Bertz CT molecular complexity index is 3900. The van der Waals surface area contributed by atoms with E-state index < -0.39 is 0 Å². The molecule has 356 valence electrons. The zero-order valence-electron chi connectivity index (χ0n) is 41.1. The van der Waals surface area contributed by atoms with Crippen LogP contribution < -0.4 is 9.64 Å². The van der Waals surface area contributed by atoms with E-state index in [1.54, 1.807) is 0 Å². The van der Waals surface area contributed by atoms with Crippen molar-refractivity contribution < 1.29 is 24.1 Å². The Balaban J connectivity index is 0.934. The Morgan fingerprint density at radius 2 is 1.11 bits per heavy atom. The van der Waals surface area contributed by atoms with E-state index in [-0.39, 0.29) is 5.41 Å². The van der Waals surface area contributed by atoms with Gasteiger partial charge in [0.15, 0.2) is 0 Å². The smallest absolute Gasteiger partial charge is 0.0579 e. The normalized spacial score (nSPS) is 13.6. The second-order valence-electron chi connectivity index (χ2n) is 20.5. The first kappa shape index (κ1) is 44.4. The molecular formula is C65H55N5OPt. The molecule has 0 saturated carbocycles. The van der Waals surface area contributed by atoms with Gasteiger partial charge in [0.1, 0.15) is 0 Å². The number of aryl methyl sites for hydroxylation is 1. The van der Waals surface area contributed by atoms with Crippen LogP contribution in [0.25, 0.3) is 83.4 Å². The molecule has 6 nitrogen and oxygen atoms in total. The predicted molar refractivity (Wildman–Crippen MR) is 293 cm³/mol. The third-order valence-electron chi connectivity index (χ3n) is 15.1. The van der Waals surface area contributed by atoms with E-state index in [4.69, 9.17) is 9.72 Å². The van der Waals surface area contributed by atoms with Crippen LogP contribution in [-0.2, 0) is 37.6 Å². The molecular weight excluding hydrogens is 1060 g/mol. The summed E-state index contributed by atoms with van der Waals surface area (Å²) in [5.74, 6) is 2.40. The summed E-state index contributed by atoms with van der Waals surface area (Å²) >= 11 is 2.58. The van der Waals surface area contributed by atoms with E-state index in [1.165, 1.54) is 66.8 Å². The fourth-order valence-corrected chi connectivity index (χ4v) is 12.8. The number of nitrogens with zero attached hydrogens (tertiary/aromatic N) is 5. The summed E-state index contributed by atoms with van der Waals surface area (Å²) in [7, 11) is 0. The van der Waals surface area contributed by atoms with Crippen molar-refractivity contribution in [1.82, 2.24) is 18.7 Å². The summed E-state index contributed by atoms with van der Waals surface area (Å²) in [6.07, 6.45) is 6.45. The number of para-hydroxylation sites is 3. The minimum atomic E-state index is 0.0965. The Hall–Kier alpha value is -7.53. The number of hydrogen-bond donors (Lipinski definition) is 0. The number of imidazole rings is 1. The molecule has 2 aliphatic heterocycles. The van der Waals surface area contributed by atoms with Crippen molar-refractivity contribution in [2.75, 3.05) is 18.0 Å². The average molecular weight is 1120 g/mol. The number of rotatable bonds is 8. The first-order valence-electron chi connectivity index (χ1n) is 25.3. The van der Waals surface area contributed by atoms with Crippen LogP contribution in [0.1, 0.15) is 55.9 Å². The molecule has 0 aliphatic carbocycles. The summed E-state index contributed by atoms with van der Waals surface area (Å²) in [5, 5.41) is 2.33. The van der Waals surface area contributed by atoms with Crippen LogP contribution in [0.2, 0.25) is 0 Å². The van der Waals surface area contributed by atoms with Crippen molar-refractivity contribution in [3.63, 3.8) is 0 Å². The van der Waals surface area contributed by atoms with Gasteiger partial charge in [-0.2, -0.15) is 0 Å². The first-order valence-corrected chi connectivity index (χ1v) is 26.5. The topological polar surface area (TPSA) is 40.1 Å². The SMILES string of the molecule is Cc1cc(-n2c3ccccc3c3ccc(Oc4cccc(-n5[c](=[Pt])n(-c6c(-c7ccccc7)c7c8c(c6-c6ccccc6)CCCN8CCC7)c6ccccc65)c4)cc32)ncc1-c1ccc(C(C)(C)C)cc1. The molecule has 0 spiro atoms. The molecule has 7 heteroatoms. The van der Waals surface area contributed by atoms with Gasteiger partial charge in [-0.1, -0.05) is 57.2 Å². The molecule has 0 unspecified atom stereocenters. The zero-order valence-corrected chi connectivity index (χ0v) is 43.4. The van der Waals surface area contributed by atoms with Crippen molar-refractivity contribution in [2.45, 2.75) is 58.8 Å². The fraction of sp³-hybridized carbons (Fsp3) is 0.169. The van der Waals surface area contributed by atoms with Crippen LogP contribution in [0, 0.1) is 10.7 Å². The summed E-state index contributed by atoms with van der Waals surface area (Å²) in [4.78, 5) is 7.83. The molecule has 5 heterocycles. The van der Waals surface area contributed by atoms with Crippen molar-refractivity contribution in [3.8, 4) is 62.1 Å². The molecule has 0 amide bonds. The van der Waals surface area contributed by atoms with Gasteiger partial charge in [-0.05, 0) is 29.0 Å². The molecule has 0 fully saturated rings. The van der Waals surface area contributed by atoms with Crippen LogP contribution in [-0.4, -0.2) is 31.8 Å². The molecule has 11 aromatic rings. The van der Waals surface area contributed by atoms with Crippen LogP contribution >= 0.6 is 0 Å². The molecule has 2 aliphatic rings. The van der Waals surface area contributed by atoms with Crippen LogP contribution in [0.4, 0.5) is 5.69 Å². The standard InChI is InChI=1S/C65H55N5O.Pt/c1-43-38-60(66-41-55(43)44-30-32-47(33-31-44)65(2,3)4)70-56-27-12-11-24-51(56)52-35-34-50(40-59(52)70)71-49-23-15-22-48(39-49)68-42-69(58-29-14-13-28-57(58)68)64-61(45-18-7-5-8-19-45)53-25-16-36-67-37-17-26-54(63(53)67)62(64)46-20-9-6-10-21-46;/h5-15,18-24,27-35,38-41H,16-17,25-26,36-37H2,1-4H3;. The maximum atomic E-state index is 6.92. The Morgan fingerprint density at radius 1 is 0.514 bits per heavy atom. The monoisotopic (exact) mass is 1120 g/mol. The van der Waals surface area contributed by atoms with Gasteiger partial charge in [0.25, 0.3) is 0 Å². The van der Waals surface area contributed by atoms with Gasteiger partial charge in [-0.25, -0.2) is 0 Å². The third kappa shape index (κ3) is 7.41. The van der Waals surface area contributed by atoms with Crippen LogP contribution in [0.15, 0.2) is 188 Å². The number of ether oxygens (including phenoxy) is 1. The van der Waals surface area contributed by atoms with Crippen molar-refractivity contribution >= 4 is 38.5 Å². The van der Waals surface area contributed by atoms with Gasteiger partial charge in [0.2, 0.25) is 0 Å². The molecule has 0 bridgehead atoms. The number of anilines is 1. The van der Waals surface area contributed by atoms with E-state index in [1.807, 2.05) is 6.20 Å². The molecule has 13 rings (SSSR count).